The molecule has 1 atom stereocenters. The Morgan fingerprint density at radius 3 is 2.72 bits per heavy atom. The predicted octanol–water partition coefficient (Wildman–Crippen LogP) is 4.37. The molecule has 6 nitrogen and oxygen atoms in total. The molecule has 0 spiro atoms. The van der Waals surface area contributed by atoms with Gasteiger partial charge in [-0.3, -0.25) is 9.69 Å². The third-order valence-electron chi connectivity index (χ3n) is 5.28. The summed E-state index contributed by atoms with van der Waals surface area (Å²) < 4.78 is 10.6. The first-order chi connectivity index (χ1) is 14.2. The lowest BCUT2D eigenvalue weighted by Crippen LogP contribution is -2.40. The molecule has 29 heavy (non-hydrogen) atoms. The van der Waals surface area contributed by atoms with Crippen molar-refractivity contribution in [2.75, 3.05) is 26.7 Å². The molecule has 4 rings (SSSR count). The number of benzene rings is 1. The number of piperidine rings is 1. The van der Waals surface area contributed by atoms with Gasteiger partial charge in [0.1, 0.15) is 5.75 Å². The van der Waals surface area contributed by atoms with Crippen LogP contribution in [0.2, 0.25) is 0 Å². The van der Waals surface area contributed by atoms with Crippen LogP contribution in [0.15, 0.2) is 52.4 Å². The molecular weight excluding hydrogens is 386 g/mol. The van der Waals surface area contributed by atoms with Gasteiger partial charge in [-0.25, -0.2) is 0 Å². The molecule has 1 aromatic carbocycles. The molecule has 3 aromatic rings. The Morgan fingerprint density at radius 1 is 1.24 bits per heavy atom. The number of likely N-dealkylation sites (tertiary alicyclic amines) is 1. The quantitative estimate of drug-likeness (QED) is 0.625. The van der Waals surface area contributed by atoms with E-state index in [4.69, 9.17) is 9.26 Å². The van der Waals surface area contributed by atoms with Gasteiger partial charge >= 0.3 is 0 Å². The van der Waals surface area contributed by atoms with E-state index in [1.165, 1.54) is 24.1 Å². The number of carbonyl (C=O) groups is 1. The van der Waals surface area contributed by atoms with Crippen LogP contribution < -0.4 is 10.1 Å². The molecule has 0 unspecified atom stereocenters. The van der Waals surface area contributed by atoms with Crippen LogP contribution in [0.1, 0.15) is 40.7 Å². The number of ether oxygens (including phenoxy) is 1. The molecule has 2 aromatic heterocycles. The lowest BCUT2D eigenvalue weighted by Gasteiger charge is -2.34. The second-order valence-corrected chi connectivity index (χ2v) is 8.12. The number of amides is 1. The molecule has 7 heteroatoms. The summed E-state index contributed by atoms with van der Waals surface area (Å²) in [7, 11) is 1.62. The number of thiophene rings is 1. The van der Waals surface area contributed by atoms with Gasteiger partial charge < -0.3 is 14.6 Å². The van der Waals surface area contributed by atoms with Crippen LogP contribution in [0, 0.1) is 0 Å². The fourth-order valence-electron chi connectivity index (χ4n) is 3.67. The number of carbonyl (C=O) groups excluding carboxylic acids is 1. The Kier molecular flexibility index (Phi) is 6.27. The van der Waals surface area contributed by atoms with Crippen molar-refractivity contribution in [1.29, 1.82) is 0 Å². The minimum absolute atomic E-state index is 0.201. The summed E-state index contributed by atoms with van der Waals surface area (Å²) in [4.78, 5) is 16.4. The largest absolute Gasteiger partial charge is 0.497 e. The fraction of sp³-hybridized carbons (Fsp3) is 0.364. The predicted molar refractivity (Wildman–Crippen MR) is 113 cm³/mol. The van der Waals surface area contributed by atoms with E-state index in [0.29, 0.717) is 18.0 Å². The Labute approximate surface area is 174 Å². The van der Waals surface area contributed by atoms with Crippen LogP contribution in [-0.2, 0) is 0 Å². The molecule has 1 aliphatic rings. The molecule has 1 amide bonds. The third kappa shape index (κ3) is 4.68. The van der Waals surface area contributed by atoms with E-state index in [0.717, 1.165) is 24.4 Å². The molecule has 1 fully saturated rings. The first kappa shape index (κ1) is 19.7. The monoisotopic (exact) mass is 411 g/mol. The first-order valence-electron chi connectivity index (χ1n) is 9.91. The first-order valence-corrected chi connectivity index (χ1v) is 10.8. The van der Waals surface area contributed by atoms with Gasteiger partial charge in [-0.1, -0.05) is 17.6 Å². The highest BCUT2D eigenvalue weighted by Crippen LogP contribution is 2.28. The highest BCUT2D eigenvalue weighted by molar-refractivity contribution is 7.10. The molecule has 1 aliphatic heterocycles. The van der Waals surface area contributed by atoms with E-state index in [1.54, 1.807) is 24.5 Å². The SMILES string of the molecule is COc1ccc(-c2cc(C(=O)NC[C@@H](c3cccs3)N3CCCCC3)no2)cc1. The third-order valence-corrected chi connectivity index (χ3v) is 6.25. The number of nitrogens with zero attached hydrogens (tertiary/aromatic N) is 2. The van der Waals surface area contributed by atoms with Crippen LogP contribution in [0.5, 0.6) is 5.75 Å². The average molecular weight is 412 g/mol. The fourth-order valence-corrected chi connectivity index (χ4v) is 4.53. The van der Waals surface area contributed by atoms with Gasteiger partial charge in [-0.2, -0.15) is 0 Å². The van der Waals surface area contributed by atoms with E-state index in [-0.39, 0.29) is 11.9 Å². The Hall–Kier alpha value is -2.64. The Balaban J connectivity index is 1.42. The van der Waals surface area contributed by atoms with Crippen molar-refractivity contribution in [3.05, 3.63) is 58.4 Å². The minimum atomic E-state index is -0.216. The number of nitrogens with one attached hydrogen (secondary N) is 1. The molecule has 0 bridgehead atoms. The zero-order valence-corrected chi connectivity index (χ0v) is 17.3. The van der Waals surface area contributed by atoms with Gasteiger partial charge in [0.25, 0.3) is 5.91 Å². The summed E-state index contributed by atoms with van der Waals surface area (Å²) >= 11 is 1.74. The normalized spacial score (nSPS) is 15.8. The van der Waals surface area contributed by atoms with Crippen molar-refractivity contribution in [2.45, 2.75) is 25.3 Å². The van der Waals surface area contributed by atoms with E-state index in [1.807, 2.05) is 24.3 Å². The zero-order chi connectivity index (χ0) is 20.1. The smallest absolute Gasteiger partial charge is 0.273 e. The van der Waals surface area contributed by atoms with Crippen molar-refractivity contribution in [2.24, 2.45) is 0 Å². The molecule has 3 heterocycles. The van der Waals surface area contributed by atoms with Crippen molar-refractivity contribution in [3.8, 4) is 17.1 Å². The summed E-state index contributed by atoms with van der Waals surface area (Å²) in [6.45, 7) is 2.71. The van der Waals surface area contributed by atoms with Crippen LogP contribution in [-0.4, -0.2) is 42.7 Å². The van der Waals surface area contributed by atoms with Crippen molar-refractivity contribution in [1.82, 2.24) is 15.4 Å². The molecule has 0 aliphatic carbocycles. The summed E-state index contributed by atoms with van der Waals surface area (Å²) in [5, 5.41) is 9.10. The molecule has 0 radical (unpaired) electrons. The maximum atomic E-state index is 12.7. The second-order valence-electron chi connectivity index (χ2n) is 7.14. The molecule has 0 saturated carbocycles. The standard InChI is InChI=1S/C22H25N3O3S/c1-27-17-9-7-16(8-10-17)20-14-18(24-28-20)22(26)23-15-19(21-6-5-13-29-21)25-11-3-2-4-12-25/h5-10,13-14,19H,2-4,11-12,15H2,1H3,(H,23,26)/t19-/m0/s1. The summed E-state index contributed by atoms with van der Waals surface area (Å²) in [6, 6.07) is 13.6. The lowest BCUT2D eigenvalue weighted by molar-refractivity contribution is 0.0917. The maximum absolute atomic E-state index is 12.7. The summed E-state index contributed by atoms with van der Waals surface area (Å²) in [5.41, 5.74) is 1.14. The number of aromatic nitrogens is 1. The van der Waals surface area contributed by atoms with Gasteiger partial charge in [0.2, 0.25) is 0 Å². The number of rotatable bonds is 7. The van der Waals surface area contributed by atoms with E-state index in [9.17, 15) is 4.79 Å². The molecule has 152 valence electrons. The molecule has 1 N–H and O–H groups in total. The summed E-state index contributed by atoms with van der Waals surface area (Å²) in [5.74, 6) is 1.11. The maximum Gasteiger partial charge on any atom is 0.273 e. The molecule has 1 saturated heterocycles. The lowest BCUT2D eigenvalue weighted by atomic mass is 10.1. The zero-order valence-electron chi connectivity index (χ0n) is 16.5. The van der Waals surface area contributed by atoms with E-state index >= 15 is 0 Å². The van der Waals surface area contributed by atoms with Crippen LogP contribution >= 0.6 is 11.3 Å². The van der Waals surface area contributed by atoms with Crippen molar-refractivity contribution >= 4 is 17.2 Å². The van der Waals surface area contributed by atoms with Crippen molar-refractivity contribution in [3.63, 3.8) is 0 Å². The van der Waals surface area contributed by atoms with Crippen LogP contribution in [0.25, 0.3) is 11.3 Å². The second kappa shape index (κ2) is 9.24. The Bertz CT molecular complexity index is 915. The number of hydrogen-bond donors (Lipinski definition) is 1. The number of hydrogen-bond acceptors (Lipinski definition) is 6. The highest BCUT2D eigenvalue weighted by atomic mass is 32.1. The average Bonchev–Trinajstić information content (AvgIpc) is 3.47. The Morgan fingerprint density at radius 2 is 2.03 bits per heavy atom. The van der Waals surface area contributed by atoms with Gasteiger partial charge in [-0.15, -0.1) is 11.3 Å². The van der Waals surface area contributed by atoms with Gasteiger partial charge in [0.15, 0.2) is 11.5 Å². The van der Waals surface area contributed by atoms with Gasteiger partial charge in [0, 0.05) is 23.1 Å². The minimum Gasteiger partial charge on any atom is -0.497 e. The van der Waals surface area contributed by atoms with Crippen molar-refractivity contribution < 1.29 is 14.1 Å². The summed E-state index contributed by atoms with van der Waals surface area (Å²) in [6.07, 6.45) is 3.71. The highest BCUT2D eigenvalue weighted by Gasteiger charge is 2.24. The van der Waals surface area contributed by atoms with E-state index in [2.05, 4.69) is 32.9 Å². The van der Waals surface area contributed by atoms with Crippen LogP contribution in [0.3, 0.4) is 0 Å². The van der Waals surface area contributed by atoms with Gasteiger partial charge in [0.05, 0.1) is 13.2 Å². The van der Waals surface area contributed by atoms with Gasteiger partial charge in [-0.05, 0) is 61.6 Å². The van der Waals surface area contributed by atoms with E-state index < -0.39 is 0 Å². The van der Waals surface area contributed by atoms with Crippen LogP contribution in [0.4, 0.5) is 0 Å². The number of methoxy groups -OCH3 is 1. The molecular formula is C22H25N3O3S. The topological polar surface area (TPSA) is 67.6 Å².